The van der Waals surface area contributed by atoms with Gasteiger partial charge in [0.15, 0.2) is 0 Å². The van der Waals surface area contributed by atoms with Crippen LogP contribution >= 0.6 is 0 Å². The van der Waals surface area contributed by atoms with Gasteiger partial charge in [0, 0.05) is 18.8 Å². The number of ether oxygens (including phenoxy) is 2. The lowest BCUT2D eigenvalue weighted by Gasteiger charge is -2.12. The predicted molar refractivity (Wildman–Crippen MR) is 103 cm³/mol. The fourth-order valence-electron chi connectivity index (χ4n) is 2.55. The number of hydrogen-bond acceptors (Lipinski definition) is 6. The second-order valence-corrected chi connectivity index (χ2v) is 5.80. The SMILES string of the molecule is COc1ccc(Nc2nccc(NCc3cccc(C)c3)n2)c(OC)c1. The summed E-state index contributed by atoms with van der Waals surface area (Å²) < 4.78 is 10.6. The number of benzene rings is 2. The lowest BCUT2D eigenvalue weighted by molar-refractivity contribution is 0.395. The van der Waals surface area contributed by atoms with Crippen molar-refractivity contribution >= 4 is 17.5 Å². The molecule has 0 bridgehead atoms. The summed E-state index contributed by atoms with van der Waals surface area (Å²) >= 11 is 0. The number of aromatic nitrogens is 2. The molecule has 1 aromatic heterocycles. The fourth-order valence-corrected chi connectivity index (χ4v) is 2.55. The molecule has 0 aliphatic carbocycles. The highest BCUT2D eigenvalue weighted by molar-refractivity contribution is 5.64. The van der Waals surface area contributed by atoms with Crippen LogP contribution in [0.25, 0.3) is 0 Å². The normalized spacial score (nSPS) is 10.3. The Morgan fingerprint density at radius 1 is 1.00 bits per heavy atom. The van der Waals surface area contributed by atoms with E-state index in [1.165, 1.54) is 11.1 Å². The summed E-state index contributed by atoms with van der Waals surface area (Å²) in [6, 6.07) is 15.7. The molecule has 6 nitrogen and oxygen atoms in total. The number of hydrogen-bond donors (Lipinski definition) is 2. The van der Waals surface area contributed by atoms with Crippen LogP contribution in [-0.2, 0) is 6.54 Å². The molecule has 0 atom stereocenters. The molecule has 26 heavy (non-hydrogen) atoms. The van der Waals surface area contributed by atoms with E-state index in [0.717, 1.165) is 17.3 Å². The topological polar surface area (TPSA) is 68.3 Å². The number of rotatable bonds is 7. The first-order valence-corrected chi connectivity index (χ1v) is 8.29. The van der Waals surface area contributed by atoms with Crippen LogP contribution in [0, 0.1) is 6.92 Å². The van der Waals surface area contributed by atoms with Gasteiger partial charge in [0.1, 0.15) is 17.3 Å². The second kappa shape index (κ2) is 8.20. The van der Waals surface area contributed by atoms with Crippen molar-refractivity contribution in [3.05, 3.63) is 65.9 Å². The molecule has 134 valence electrons. The summed E-state index contributed by atoms with van der Waals surface area (Å²) in [6.07, 6.45) is 1.71. The molecule has 0 aliphatic rings. The zero-order chi connectivity index (χ0) is 18.4. The summed E-state index contributed by atoms with van der Waals surface area (Å²) in [7, 11) is 3.23. The molecule has 2 N–H and O–H groups in total. The van der Waals surface area contributed by atoms with E-state index in [-0.39, 0.29) is 0 Å². The van der Waals surface area contributed by atoms with Gasteiger partial charge < -0.3 is 20.1 Å². The summed E-state index contributed by atoms with van der Waals surface area (Å²) in [5, 5.41) is 6.50. The second-order valence-electron chi connectivity index (χ2n) is 5.80. The Bertz CT molecular complexity index is 883. The van der Waals surface area contributed by atoms with E-state index < -0.39 is 0 Å². The van der Waals surface area contributed by atoms with Crippen molar-refractivity contribution in [2.75, 3.05) is 24.9 Å². The van der Waals surface area contributed by atoms with Gasteiger partial charge in [0.25, 0.3) is 0 Å². The van der Waals surface area contributed by atoms with Crippen LogP contribution in [0.1, 0.15) is 11.1 Å². The zero-order valence-electron chi connectivity index (χ0n) is 15.1. The van der Waals surface area contributed by atoms with E-state index in [1.807, 2.05) is 24.3 Å². The number of nitrogens with zero attached hydrogens (tertiary/aromatic N) is 2. The molecule has 6 heteroatoms. The van der Waals surface area contributed by atoms with Crippen LogP contribution in [0.5, 0.6) is 11.5 Å². The first-order chi connectivity index (χ1) is 12.7. The number of aryl methyl sites for hydroxylation is 1. The number of methoxy groups -OCH3 is 2. The fraction of sp³-hybridized carbons (Fsp3) is 0.200. The molecular weight excluding hydrogens is 328 g/mol. The van der Waals surface area contributed by atoms with Crippen LogP contribution in [0.4, 0.5) is 17.5 Å². The Morgan fingerprint density at radius 2 is 1.88 bits per heavy atom. The minimum Gasteiger partial charge on any atom is -0.497 e. The first-order valence-electron chi connectivity index (χ1n) is 8.29. The minimum atomic E-state index is 0.489. The van der Waals surface area contributed by atoms with E-state index in [1.54, 1.807) is 20.4 Å². The largest absolute Gasteiger partial charge is 0.497 e. The van der Waals surface area contributed by atoms with Gasteiger partial charge >= 0.3 is 0 Å². The Balaban J connectivity index is 1.71. The van der Waals surface area contributed by atoms with Crippen LogP contribution in [0.15, 0.2) is 54.7 Å². The summed E-state index contributed by atoms with van der Waals surface area (Å²) in [6.45, 7) is 2.78. The van der Waals surface area contributed by atoms with Gasteiger partial charge in [-0.05, 0) is 30.7 Å². The average Bonchev–Trinajstić information content (AvgIpc) is 2.67. The molecule has 1 heterocycles. The van der Waals surface area contributed by atoms with E-state index in [4.69, 9.17) is 9.47 Å². The number of anilines is 3. The Morgan fingerprint density at radius 3 is 2.65 bits per heavy atom. The third-order valence-corrected chi connectivity index (χ3v) is 3.87. The van der Waals surface area contributed by atoms with E-state index in [2.05, 4.69) is 51.8 Å². The van der Waals surface area contributed by atoms with Gasteiger partial charge in [-0.1, -0.05) is 29.8 Å². The maximum atomic E-state index is 5.39. The van der Waals surface area contributed by atoms with E-state index in [9.17, 15) is 0 Å². The molecule has 0 saturated carbocycles. The Hall–Kier alpha value is -3.28. The standard InChI is InChI=1S/C20H22N4O2/c1-14-5-4-6-15(11-14)13-22-19-9-10-21-20(24-19)23-17-8-7-16(25-2)12-18(17)26-3/h4-12H,13H2,1-3H3,(H2,21,22,23,24). The summed E-state index contributed by atoms with van der Waals surface area (Å²) in [4.78, 5) is 8.78. The molecule has 0 saturated heterocycles. The van der Waals surface area contributed by atoms with E-state index in [0.29, 0.717) is 18.2 Å². The van der Waals surface area contributed by atoms with Crippen molar-refractivity contribution < 1.29 is 9.47 Å². The molecule has 0 amide bonds. The lowest BCUT2D eigenvalue weighted by Crippen LogP contribution is -2.05. The molecule has 0 unspecified atom stereocenters. The molecule has 0 fully saturated rings. The highest BCUT2D eigenvalue weighted by Gasteiger charge is 2.07. The molecular formula is C20H22N4O2. The Labute approximate surface area is 153 Å². The summed E-state index contributed by atoms with van der Waals surface area (Å²) in [5.74, 6) is 2.62. The van der Waals surface area contributed by atoms with Gasteiger partial charge in [0.2, 0.25) is 5.95 Å². The van der Waals surface area contributed by atoms with Gasteiger partial charge in [0.05, 0.1) is 19.9 Å². The van der Waals surface area contributed by atoms with Crippen LogP contribution in [0.2, 0.25) is 0 Å². The van der Waals surface area contributed by atoms with Gasteiger partial charge in [-0.3, -0.25) is 0 Å². The predicted octanol–water partition coefficient (Wildman–Crippen LogP) is 4.16. The molecule has 3 rings (SSSR count). The maximum Gasteiger partial charge on any atom is 0.229 e. The van der Waals surface area contributed by atoms with E-state index >= 15 is 0 Å². The molecule has 3 aromatic rings. The molecule has 0 radical (unpaired) electrons. The maximum absolute atomic E-state index is 5.39. The van der Waals surface area contributed by atoms with Crippen molar-refractivity contribution in [1.29, 1.82) is 0 Å². The quantitative estimate of drug-likeness (QED) is 0.667. The Kier molecular flexibility index (Phi) is 5.53. The van der Waals surface area contributed by atoms with Crippen molar-refractivity contribution in [1.82, 2.24) is 9.97 Å². The average molecular weight is 350 g/mol. The monoisotopic (exact) mass is 350 g/mol. The smallest absolute Gasteiger partial charge is 0.229 e. The highest BCUT2D eigenvalue weighted by Crippen LogP contribution is 2.30. The third-order valence-electron chi connectivity index (χ3n) is 3.87. The highest BCUT2D eigenvalue weighted by atomic mass is 16.5. The zero-order valence-corrected chi connectivity index (χ0v) is 15.1. The van der Waals surface area contributed by atoms with Gasteiger partial charge in [-0.25, -0.2) is 4.98 Å². The van der Waals surface area contributed by atoms with Gasteiger partial charge in [-0.15, -0.1) is 0 Å². The first kappa shape index (κ1) is 17.5. The van der Waals surface area contributed by atoms with Crippen molar-refractivity contribution in [2.45, 2.75) is 13.5 Å². The van der Waals surface area contributed by atoms with Crippen molar-refractivity contribution in [3.63, 3.8) is 0 Å². The van der Waals surface area contributed by atoms with Crippen LogP contribution < -0.4 is 20.1 Å². The molecule has 0 aliphatic heterocycles. The number of nitrogens with one attached hydrogen (secondary N) is 2. The van der Waals surface area contributed by atoms with Crippen molar-refractivity contribution in [3.8, 4) is 11.5 Å². The van der Waals surface area contributed by atoms with Crippen molar-refractivity contribution in [2.24, 2.45) is 0 Å². The van der Waals surface area contributed by atoms with Gasteiger partial charge in [-0.2, -0.15) is 4.98 Å². The third kappa shape index (κ3) is 4.42. The minimum absolute atomic E-state index is 0.489. The molecule has 2 aromatic carbocycles. The van der Waals surface area contributed by atoms with Crippen LogP contribution in [0.3, 0.4) is 0 Å². The lowest BCUT2D eigenvalue weighted by atomic mass is 10.1. The summed E-state index contributed by atoms with van der Waals surface area (Å²) in [5.41, 5.74) is 3.21. The van der Waals surface area contributed by atoms with Crippen LogP contribution in [-0.4, -0.2) is 24.2 Å². The molecule has 0 spiro atoms.